The topological polar surface area (TPSA) is 56.5 Å². The van der Waals surface area contributed by atoms with E-state index in [1.165, 1.54) is 11.1 Å². The van der Waals surface area contributed by atoms with Crippen LogP contribution >= 0.6 is 0 Å². The van der Waals surface area contributed by atoms with Crippen molar-refractivity contribution < 1.29 is 10.9 Å². The maximum absolute atomic E-state index is 5.68. The van der Waals surface area contributed by atoms with Gasteiger partial charge in [-0.25, -0.2) is 0 Å². The molecular weight excluding hydrogens is 372 g/mol. The van der Waals surface area contributed by atoms with Gasteiger partial charge in [0.2, 0.25) is 0 Å². The van der Waals surface area contributed by atoms with Crippen LogP contribution in [0.4, 0.5) is 11.4 Å². The van der Waals surface area contributed by atoms with E-state index in [-0.39, 0.29) is 1.43 Å². The molecule has 4 heteroatoms. The number of hydrogen-bond acceptors (Lipinski definition) is 4. The predicted molar refractivity (Wildman–Crippen MR) is 130 cm³/mol. The van der Waals surface area contributed by atoms with Gasteiger partial charge in [0.05, 0.1) is 6.61 Å². The van der Waals surface area contributed by atoms with Gasteiger partial charge in [-0.15, -0.1) is 0 Å². The molecule has 1 aliphatic rings. The Labute approximate surface area is 181 Å². The van der Waals surface area contributed by atoms with Gasteiger partial charge in [-0.1, -0.05) is 74.5 Å². The zero-order chi connectivity index (χ0) is 21.6. The molecule has 3 aromatic carbocycles. The molecule has 0 amide bonds. The minimum atomic E-state index is 0. The number of ether oxygens (including phenoxy) is 2. The highest BCUT2D eigenvalue weighted by Gasteiger charge is 2.01. The number of rotatable bonds is 5. The third-order valence-corrected chi connectivity index (χ3v) is 4.27. The zero-order valence-electron chi connectivity index (χ0n) is 18.1. The first kappa shape index (κ1) is 23.0. The zero-order valence-corrected chi connectivity index (χ0v) is 18.1. The average Bonchev–Trinajstić information content (AvgIpc) is 2.81. The normalized spacial score (nSPS) is 11.0. The van der Waals surface area contributed by atoms with Crippen molar-refractivity contribution in [2.75, 3.05) is 24.7 Å². The van der Waals surface area contributed by atoms with E-state index in [0.29, 0.717) is 13.2 Å². The molecule has 4 nitrogen and oxygen atoms in total. The van der Waals surface area contributed by atoms with Gasteiger partial charge in [0, 0.05) is 26.5 Å². The highest BCUT2D eigenvalue weighted by Crippen LogP contribution is 2.22. The molecule has 3 aromatic rings. The summed E-state index contributed by atoms with van der Waals surface area (Å²) >= 11 is 0. The van der Waals surface area contributed by atoms with Crippen LogP contribution in [0, 0.1) is 0 Å². The lowest BCUT2D eigenvalue weighted by atomic mass is 10.1. The Morgan fingerprint density at radius 1 is 0.900 bits per heavy atom. The number of benzene rings is 3. The van der Waals surface area contributed by atoms with Crippen LogP contribution < -0.4 is 15.8 Å². The number of nitrogens with two attached hydrogens (primary N) is 1. The summed E-state index contributed by atoms with van der Waals surface area (Å²) in [5.41, 5.74) is 11.1. The summed E-state index contributed by atoms with van der Waals surface area (Å²) in [6.07, 6.45) is 4.20. The lowest BCUT2D eigenvalue weighted by Crippen LogP contribution is -2.04. The summed E-state index contributed by atoms with van der Waals surface area (Å²) in [6.45, 7) is 6.14. The van der Waals surface area contributed by atoms with E-state index in [4.69, 9.17) is 15.2 Å². The molecule has 1 heterocycles. The van der Waals surface area contributed by atoms with E-state index in [2.05, 4.69) is 29.6 Å². The van der Waals surface area contributed by atoms with Crippen LogP contribution in [0.25, 0.3) is 6.08 Å². The second-order valence-electron chi connectivity index (χ2n) is 6.48. The molecule has 0 radical (unpaired) electrons. The predicted octanol–water partition coefficient (Wildman–Crippen LogP) is 6.39. The SMILES string of the molecule is CC.COCc1ccc(OCc2ccccc2)cc1.Nc1ccc2c(c1)NCC=C2.[HH]. The second-order valence-corrected chi connectivity index (χ2v) is 6.48. The van der Waals surface area contributed by atoms with Crippen molar-refractivity contribution in [1.29, 1.82) is 0 Å². The number of hydrogen-bond donors (Lipinski definition) is 2. The van der Waals surface area contributed by atoms with Gasteiger partial charge >= 0.3 is 0 Å². The lowest BCUT2D eigenvalue weighted by molar-refractivity contribution is 0.185. The largest absolute Gasteiger partial charge is 0.489 e. The van der Waals surface area contributed by atoms with E-state index in [0.717, 1.165) is 29.2 Å². The van der Waals surface area contributed by atoms with Crippen LogP contribution in [-0.2, 0) is 18.0 Å². The third kappa shape index (κ3) is 7.64. The number of anilines is 2. The lowest BCUT2D eigenvalue weighted by Gasteiger charge is -2.12. The monoisotopic (exact) mass is 406 g/mol. The second kappa shape index (κ2) is 13.1. The van der Waals surface area contributed by atoms with E-state index in [9.17, 15) is 0 Å². The van der Waals surface area contributed by atoms with E-state index >= 15 is 0 Å². The molecule has 0 atom stereocenters. The Morgan fingerprint density at radius 2 is 1.60 bits per heavy atom. The van der Waals surface area contributed by atoms with Crippen LogP contribution in [-0.4, -0.2) is 13.7 Å². The van der Waals surface area contributed by atoms with Gasteiger partial charge in [-0.3, -0.25) is 0 Å². The summed E-state index contributed by atoms with van der Waals surface area (Å²) in [4.78, 5) is 0. The molecule has 0 unspecified atom stereocenters. The number of methoxy groups -OCH3 is 1. The first-order valence-corrected chi connectivity index (χ1v) is 10.3. The maximum Gasteiger partial charge on any atom is 0.119 e. The number of nitrogens with one attached hydrogen (secondary N) is 1. The van der Waals surface area contributed by atoms with Crippen molar-refractivity contribution in [2.45, 2.75) is 27.1 Å². The third-order valence-electron chi connectivity index (χ3n) is 4.27. The van der Waals surface area contributed by atoms with Crippen molar-refractivity contribution in [1.82, 2.24) is 0 Å². The Kier molecular flexibility index (Phi) is 10.0. The van der Waals surface area contributed by atoms with Crippen molar-refractivity contribution in [2.24, 2.45) is 0 Å². The summed E-state index contributed by atoms with van der Waals surface area (Å²) < 4.78 is 10.7. The smallest absolute Gasteiger partial charge is 0.119 e. The molecule has 0 saturated heterocycles. The quantitative estimate of drug-likeness (QED) is 0.482. The average molecular weight is 407 g/mol. The Bertz CT molecular complexity index is 897. The molecule has 0 saturated carbocycles. The molecular formula is C26H34N2O2. The van der Waals surface area contributed by atoms with Crippen LogP contribution in [0.5, 0.6) is 5.75 Å². The molecule has 160 valence electrons. The van der Waals surface area contributed by atoms with Gasteiger partial charge in [0.15, 0.2) is 0 Å². The van der Waals surface area contributed by atoms with Gasteiger partial charge in [0.1, 0.15) is 12.4 Å². The van der Waals surface area contributed by atoms with Gasteiger partial charge in [0.25, 0.3) is 0 Å². The summed E-state index contributed by atoms with van der Waals surface area (Å²) in [5.74, 6) is 0.883. The van der Waals surface area contributed by atoms with Crippen molar-refractivity contribution >= 4 is 17.5 Å². The fourth-order valence-electron chi connectivity index (χ4n) is 2.82. The molecule has 4 rings (SSSR count). The molecule has 3 N–H and O–H groups in total. The van der Waals surface area contributed by atoms with Crippen molar-refractivity contribution in [3.8, 4) is 5.75 Å². The first-order chi connectivity index (χ1) is 14.7. The minimum absolute atomic E-state index is 0. The molecule has 0 spiro atoms. The highest BCUT2D eigenvalue weighted by molar-refractivity contribution is 5.73. The Morgan fingerprint density at radius 3 is 2.30 bits per heavy atom. The molecule has 0 fully saturated rings. The van der Waals surface area contributed by atoms with Gasteiger partial charge < -0.3 is 20.5 Å². The standard InChI is InChI=1S/C15H16O2.C9H10N2.C2H6.H2/c1-16-11-14-7-9-15(10-8-14)17-12-13-5-3-2-4-6-13;10-8-4-3-7-2-1-5-11-9(7)6-8;1-2;/h2-10H,11-12H2,1H3;1-4,6,11H,5,10H2;1-2H3;1H. The minimum Gasteiger partial charge on any atom is -0.489 e. The Hall–Kier alpha value is -3.24. The van der Waals surface area contributed by atoms with E-state index in [1.54, 1.807) is 7.11 Å². The van der Waals surface area contributed by atoms with Crippen LogP contribution in [0.1, 0.15) is 32.0 Å². The Balaban J connectivity index is 0.000000298. The van der Waals surface area contributed by atoms with Gasteiger partial charge in [-0.2, -0.15) is 0 Å². The highest BCUT2D eigenvalue weighted by atomic mass is 16.5. The fourth-order valence-corrected chi connectivity index (χ4v) is 2.82. The molecule has 1 aliphatic heterocycles. The van der Waals surface area contributed by atoms with Gasteiger partial charge in [-0.05, 0) is 41.0 Å². The summed E-state index contributed by atoms with van der Waals surface area (Å²) in [5, 5.41) is 3.24. The molecule has 0 bridgehead atoms. The van der Waals surface area contributed by atoms with E-state index in [1.807, 2.05) is 74.5 Å². The molecule has 30 heavy (non-hydrogen) atoms. The van der Waals surface area contributed by atoms with Crippen LogP contribution in [0.3, 0.4) is 0 Å². The van der Waals surface area contributed by atoms with Crippen molar-refractivity contribution in [3.63, 3.8) is 0 Å². The first-order valence-electron chi connectivity index (χ1n) is 10.3. The maximum atomic E-state index is 5.68. The van der Waals surface area contributed by atoms with Crippen LogP contribution in [0.2, 0.25) is 0 Å². The molecule has 0 aromatic heterocycles. The van der Waals surface area contributed by atoms with Crippen molar-refractivity contribution in [3.05, 3.63) is 95.6 Å². The number of nitrogen functional groups attached to an aromatic ring is 1. The van der Waals surface area contributed by atoms with E-state index < -0.39 is 0 Å². The number of fused-ring (bicyclic) bond motifs is 1. The van der Waals surface area contributed by atoms with Crippen LogP contribution in [0.15, 0.2) is 78.9 Å². The molecule has 0 aliphatic carbocycles. The summed E-state index contributed by atoms with van der Waals surface area (Å²) in [7, 11) is 1.69. The fraction of sp³-hybridized carbons (Fsp3) is 0.231. The summed E-state index contributed by atoms with van der Waals surface area (Å²) in [6, 6.07) is 24.0.